The number of nitriles is 1. The van der Waals surface area contributed by atoms with Gasteiger partial charge in [-0.3, -0.25) is 0 Å². The van der Waals surface area contributed by atoms with Crippen molar-refractivity contribution in [3.8, 4) is 6.07 Å². The van der Waals surface area contributed by atoms with Crippen LogP contribution in [-0.2, 0) is 6.42 Å². The minimum atomic E-state index is -0.208. The zero-order chi connectivity index (χ0) is 12.8. The molecule has 0 atom stereocenters. The number of anilines is 1. The van der Waals surface area contributed by atoms with Crippen molar-refractivity contribution < 1.29 is 4.39 Å². The minimum absolute atomic E-state index is 0.208. The first-order valence-electron chi connectivity index (χ1n) is 5.63. The van der Waals surface area contributed by atoms with Crippen LogP contribution in [0.2, 0.25) is 0 Å². The number of nitrogens with one attached hydrogen (secondary N) is 1. The third kappa shape index (κ3) is 2.83. The molecule has 90 valence electrons. The normalized spacial score (nSPS) is 9.78. The monoisotopic (exact) mass is 241 g/mol. The van der Waals surface area contributed by atoms with Crippen molar-refractivity contribution in [3.05, 3.63) is 59.5 Å². The topological polar surface area (TPSA) is 48.7 Å². The summed E-state index contributed by atoms with van der Waals surface area (Å²) in [5.41, 5.74) is 1.14. The van der Waals surface area contributed by atoms with Gasteiger partial charge in [0, 0.05) is 12.7 Å². The van der Waals surface area contributed by atoms with Crippen LogP contribution in [0.4, 0.5) is 10.2 Å². The van der Waals surface area contributed by atoms with Crippen LogP contribution in [0.5, 0.6) is 0 Å². The van der Waals surface area contributed by atoms with Crippen LogP contribution in [0.25, 0.3) is 0 Å². The van der Waals surface area contributed by atoms with Gasteiger partial charge in [-0.2, -0.15) is 5.26 Å². The van der Waals surface area contributed by atoms with Gasteiger partial charge in [-0.15, -0.1) is 0 Å². The molecule has 18 heavy (non-hydrogen) atoms. The minimum Gasteiger partial charge on any atom is -0.369 e. The average Bonchev–Trinajstić information content (AvgIpc) is 2.41. The van der Waals surface area contributed by atoms with Crippen LogP contribution >= 0.6 is 0 Å². The number of nitrogens with zero attached hydrogens (tertiary/aromatic N) is 2. The summed E-state index contributed by atoms with van der Waals surface area (Å²) in [6.07, 6.45) is 2.17. The second kappa shape index (κ2) is 5.78. The molecule has 1 aromatic carbocycles. The van der Waals surface area contributed by atoms with Crippen molar-refractivity contribution >= 4 is 5.82 Å². The molecule has 0 unspecified atom stereocenters. The van der Waals surface area contributed by atoms with Gasteiger partial charge in [0.1, 0.15) is 17.7 Å². The number of benzene rings is 1. The number of hydrogen-bond acceptors (Lipinski definition) is 3. The van der Waals surface area contributed by atoms with E-state index in [1.807, 2.05) is 0 Å². The standard InChI is InChI=1S/C14H12FN3/c15-13-6-2-1-4-11(13)7-9-18-14-12(10-16)5-3-8-17-14/h1-6,8H,7,9H2,(H,17,18). The highest BCUT2D eigenvalue weighted by atomic mass is 19.1. The third-order valence-electron chi connectivity index (χ3n) is 2.57. The Bertz CT molecular complexity index is 575. The Hall–Kier alpha value is -2.41. The maximum absolute atomic E-state index is 13.4. The molecule has 0 spiro atoms. The fourth-order valence-corrected chi connectivity index (χ4v) is 1.65. The van der Waals surface area contributed by atoms with Gasteiger partial charge in [0.2, 0.25) is 0 Å². The van der Waals surface area contributed by atoms with Gasteiger partial charge in [0.05, 0.1) is 5.56 Å². The second-order valence-corrected chi connectivity index (χ2v) is 3.78. The molecule has 0 saturated carbocycles. The fraction of sp³-hybridized carbons (Fsp3) is 0.143. The maximum atomic E-state index is 13.4. The molecule has 0 amide bonds. The lowest BCUT2D eigenvalue weighted by Crippen LogP contribution is -2.08. The van der Waals surface area contributed by atoms with Crippen LogP contribution in [0.1, 0.15) is 11.1 Å². The van der Waals surface area contributed by atoms with Gasteiger partial charge >= 0.3 is 0 Å². The highest BCUT2D eigenvalue weighted by Crippen LogP contribution is 2.11. The second-order valence-electron chi connectivity index (χ2n) is 3.78. The lowest BCUT2D eigenvalue weighted by molar-refractivity contribution is 0.610. The molecule has 0 aliphatic carbocycles. The summed E-state index contributed by atoms with van der Waals surface area (Å²) >= 11 is 0. The Morgan fingerprint density at radius 1 is 1.22 bits per heavy atom. The van der Waals surface area contributed by atoms with E-state index in [9.17, 15) is 4.39 Å². The number of halogens is 1. The van der Waals surface area contributed by atoms with Crippen LogP contribution < -0.4 is 5.32 Å². The maximum Gasteiger partial charge on any atom is 0.143 e. The average molecular weight is 241 g/mol. The van der Waals surface area contributed by atoms with E-state index in [1.165, 1.54) is 6.07 Å². The molecule has 0 bridgehead atoms. The Kier molecular flexibility index (Phi) is 3.87. The van der Waals surface area contributed by atoms with E-state index in [2.05, 4.69) is 16.4 Å². The van der Waals surface area contributed by atoms with Crippen molar-refractivity contribution in [2.45, 2.75) is 6.42 Å². The van der Waals surface area contributed by atoms with E-state index in [0.717, 1.165) is 0 Å². The summed E-state index contributed by atoms with van der Waals surface area (Å²) in [5, 5.41) is 11.9. The summed E-state index contributed by atoms with van der Waals surface area (Å²) in [4.78, 5) is 4.08. The molecular weight excluding hydrogens is 229 g/mol. The lowest BCUT2D eigenvalue weighted by Gasteiger charge is -2.07. The molecular formula is C14H12FN3. The van der Waals surface area contributed by atoms with Crippen LogP contribution in [0.15, 0.2) is 42.6 Å². The predicted octanol–water partition coefficient (Wildman–Crippen LogP) is 2.75. The van der Waals surface area contributed by atoms with Crippen LogP contribution in [0, 0.1) is 17.1 Å². The van der Waals surface area contributed by atoms with E-state index < -0.39 is 0 Å². The van der Waals surface area contributed by atoms with Gasteiger partial charge in [0.15, 0.2) is 0 Å². The first-order valence-corrected chi connectivity index (χ1v) is 5.63. The molecule has 4 heteroatoms. The Morgan fingerprint density at radius 2 is 2.06 bits per heavy atom. The third-order valence-corrected chi connectivity index (χ3v) is 2.57. The molecule has 1 heterocycles. The Balaban J connectivity index is 1.97. The number of hydrogen-bond donors (Lipinski definition) is 1. The zero-order valence-electron chi connectivity index (χ0n) is 9.73. The smallest absolute Gasteiger partial charge is 0.143 e. The van der Waals surface area contributed by atoms with Crippen LogP contribution in [-0.4, -0.2) is 11.5 Å². The first kappa shape index (κ1) is 12.1. The van der Waals surface area contributed by atoms with Gasteiger partial charge in [0.25, 0.3) is 0 Å². The molecule has 2 rings (SSSR count). The van der Waals surface area contributed by atoms with Crippen molar-refractivity contribution in [3.63, 3.8) is 0 Å². The zero-order valence-corrected chi connectivity index (χ0v) is 9.73. The summed E-state index contributed by atoms with van der Waals surface area (Å²) in [6.45, 7) is 0.534. The molecule has 3 nitrogen and oxygen atoms in total. The largest absolute Gasteiger partial charge is 0.369 e. The summed E-state index contributed by atoms with van der Waals surface area (Å²) in [7, 11) is 0. The predicted molar refractivity (Wildman–Crippen MR) is 67.5 cm³/mol. The van der Waals surface area contributed by atoms with Crippen molar-refractivity contribution in [1.29, 1.82) is 5.26 Å². The molecule has 0 fully saturated rings. The van der Waals surface area contributed by atoms with Gasteiger partial charge < -0.3 is 5.32 Å². The van der Waals surface area contributed by atoms with Crippen LogP contribution in [0.3, 0.4) is 0 Å². The van der Waals surface area contributed by atoms with Crippen molar-refractivity contribution in [1.82, 2.24) is 4.98 Å². The van der Waals surface area contributed by atoms with E-state index in [-0.39, 0.29) is 5.82 Å². The molecule has 2 aromatic rings. The number of pyridine rings is 1. The van der Waals surface area contributed by atoms with E-state index in [0.29, 0.717) is 29.9 Å². The van der Waals surface area contributed by atoms with Gasteiger partial charge in [-0.25, -0.2) is 9.37 Å². The number of aromatic nitrogens is 1. The quantitative estimate of drug-likeness (QED) is 0.895. The Labute approximate surface area is 105 Å². The number of rotatable bonds is 4. The lowest BCUT2D eigenvalue weighted by atomic mass is 10.1. The van der Waals surface area contributed by atoms with E-state index in [4.69, 9.17) is 5.26 Å². The van der Waals surface area contributed by atoms with E-state index in [1.54, 1.807) is 36.5 Å². The van der Waals surface area contributed by atoms with E-state index >= 15 is 0 Å². The summed E-state index contributed by atoms with van der Waals surface area (Å²) < 4.78 is 13.4. The molecule has 1 N–H and O–H groups in total. The molecule has 0 radical (unpaired) electrons. The molecule has 0 aliphatic heterocycles. The fourth-order valence-electron chi connectivity index (χ4n) is 1.65. The van der Waals surface area contributed by atoms with Crippen molar-refractivity contribution in [2.24, 2.45) is 0 Å². The SMILES string of the molecule is N#Cc1cccnc1NCCc1ccccc1F. The first-order chi connectivity index (χ1) is 8.81. The molecule has 1 aromatic heterocycles. The van der Waals surface area contributed by atoms with Crippen molar-refractivity contribution in [2.75, 3.05) is 11.9 Å². The summed E-state index contributed by atoms with van der Waals surface area (Å²) in [6, 6.07) is 12.1. The molecule has 0 saturated heterocycles. The summed E-state index contributed by atoms with van der Waals surface area (Å²) in [5.74, 6) is 0.331. The highest BCUT2D eigenvalue weighted by Gasteiger charge is 2.03. The molecule has 0 aliphatic rings. The van der Waals surface area contributed by atoms with Gasteiger partial charge in [-0.1, -0.05) is 18.2 Å². The Morgan fingerprint density at radius 3 is 2.83 bits per heavy atom. The van der Waals surface area contributed by atoms with Gasteiger partial charge in [-0.05, 0) is 30.2 Å². The highest BCUT2D eigenvalue weighted by molar-refractivity contribution is 5.51.